The van der Waals surface area contributed by atoms with E-state index in [-0.39, 0.29) is 22.7 Å². The Morgan fingerprint density at radius 1 is 1.13 bits per heavy atom. The van der Waals surface area contributed by atoms with Crippen molar-refractivity contribution in [2.24, 2.45) is 11.1 Å². The normalized spacial score (nSPS) is 22.8. The number of benzene rings is 1. The van der Waals surface area contributed by atoms with Gasteiger partial charge < -0.3 is 19.9 Å². The van der Waals surface area contributed by atoms with Gasteiger partial charge in [0.2, 0.25) is 5.88 Å². The highest BCUT2D eigenvalue weighted by atomic mass is 16.5. The summed E-state index contributed by atoms with van der Waals surface area (Å²) in [6, 6.07) is 4.12. The van der Waals surface area contributed by atoms with Gasteiger partial charge >= 0.3 is 5.97 Å². The average Bonchev–Trinajstić information content (AvgIpc) is 2.70. The second kappa shape index (κ2) is 7.49. The van der Waals surface area contributed by atoms with Crippen LogP contribution in [0.3, 0.4) is 0 Å². The molecule has 160 valence electrons. The number of ketones is 1. The largest absolute Gasteiger partial charge is 0.496 e. The standard InChI is InChI=1S/C24H29NO5/c1-24(2)11-16(26)20-18(12-24)30-22(25)21(23(27)29-4)19(20)15-9-13-7-5-6-8-14(13)10-17(15)28-3/h9-10,19H,5-8,11-12,25H2,1-4H3. The molecule has 1 aromatic carbocycles. The van der Waals surface area contributed by atoms with Crippen molar-refractivity contribution in [2.45, 2.75) is 58.3 Å². The molecule has 1 aliphatic heterocycles. The van der Waals surface area contributed by atoms with Crippen molar-refractivity contribution >= 4 is 11.8 Å². The number of nitrogens with two attached hydrogens (primary N) is 1. The highest BCUT2D eigenvalue weighted by Crippen LogP contribution is 2.50. The maximum atomic E-state index is 13.3. The molecule has 2 N–H and O–H groups in total. The van der Waals surface area contributed by atoms with E-state index in [0.717, 1.165) is 31.2 Å². The number of rotatable bonds is 3. The number of aryl methyl sites for hydroxylation is 2. The molecule has 30 heavy (non-hydrogen) atoms. The van der Waals surface area contributed by atoms with E-state index in [0.29, 0.717) is 29.9 Å². The SMILES string of the molecule is COC(=O)C1=C(N)OC2=C(C(=O)CC(C)(C)C2)C1c1cc2c(cc1OC)CCCC2. The molecule has 2 aliphatic carbocycles. The van der Waals surface area contributed by atoms with Crippen molar-refractivity contribution in [3.8, 4) is 5.75 Å². The third-order valence-electron chi connectivity index (χ3n) is 6.37. The molecule has 0 aromatic heterocycles. The number of hydrogen-bond acceptors (Lipinski definition) is 6. The van der Waals surface area contributed by atoms with E-state index in [1.807, 2.05) is 19.9 Å². The van der Waals surface area contributed by atoms with Crippen molar-refractivity contribution in [3.63, 3.8) is 0 Å². The Bertz CT molecular complexity index is 986. The van der Waals surface area contributed by atoms with Crippen molar-refractivity contribution in [2.75, 3.05) is 14.2 Å². The summed E-state index contributed by atoms with van der Waals surface area (Å²) < 4.78 is 16.6. The fourth-order valence-corrected chi connectivity index (χ4v) is 4.99. The zero-order valence-corrected chi connectivity index (χ0v) is 18.1. The molecule has 0 fully saturated rings. The summed E-state index contributed by atoms with van der Waals surface area (Å²) in [5, 5.41) is 0. The van der Waals surface area contributed by atoms with Crippen molar-refractivity contribution in [1.29, 1.82) is 0 Å². The van der Waals surface area contributed by atoms with Crippen LogP contribution in [-0.2, 0) is 31.9 Å². The van der Waals surface area contributed by atoms with Gasteiger partial charge in [-0.2, -0.15) is 0 Å². The van der Waals surface area contributed by atoms with Gasteiger partial charge in [0.15, 0.2) is 5.78 Å². The van der Waals surface area contributed by atoms with E-state index in [4.69, 9.17) is 19.9 Å². The Hall–Kier alpha value is -2.76. The van der Waals surface area contributed by atoms with Crippen LogP contribution in [0.15, 0.2) is 34.9 Å². The van der Waals surface area contributed by atoms with Crippen LogP contribution in [0.1, 0.15) is 62.1 Å². The predicted molar refractivity (Wildman–Crippen MR) is 112 cm³/mol. The van der Waals surface area contributed by atoms with Gasteiger partial charge in [-0.25, -0.2) is 4.79 Å². The molecule has 6 heteroatoms. The molecule has 0 spiro atoms. The van der Waals surface area contributed by atoms with Crippen molar-refractivity contribution in [1.82, 2.24) is 0 Å². The van der Waals surface area contributed by atoms with Crippen molar-refractivity contribution in [3.05, 3.63) is 51.6 Å². The summed E-state index contributed by atoms with van der Waals surface area (Å²) in [5.41, 5.74) is 9.92. The van der Waals surface area contributed by atoms with Gasteiger partial charge in [0.25, 0.3) is 0 Å². The lowest BCUT2D eigenvalue weighted by Crippen LogP contribution is -2.35. The van der Waals surface area contributed by atoms with Crippen LogP contribution in [0.25, 0.3) is 0 Å². The minimum absolute atomic E-state index is 0.00382. The number of allylic oxidation sites excluding steroid dienone is 2. The first-order valence-electron chi connectivity index (χ1n) is 10.5. The molecule has 0 bridgehead atoms. The van der Waals surface area contributed by atoms with Gasteiger partial charge in [-0.3, -0.25) is 4.79 Å². The van der Waals surface area contributed by atoms with Crippen LogP contribution < -0.4 is 10.5 Å². The molecule has 1 aromatic rings. The van der Waals surface area contributed by atoms with Gasteiger partial charge in [0.05, 0.1) is 20.1 Å². The molecule has 0 radical (unpaired) electrons. The van der Waals surface area contributed by atoms with Crippen LogP contribution in [0.2, 0.25) is 0 Å². The zero-order valence-electron chi connectivity index (χ0n) is 18.1. The Morgan fingerprint density at radius 2 is 1.80 bits per heavy atom. The predicted octanol–water partition coefficient (Wildman–Crippen LogP) is 3.67. The van der Waals surface area contributed by atoms with Crippen LogP contribution in [0, 0.1) is 5.41 Å². The van der Waals surface area contributed by atoms with Crippen LogP contribution in [-0.4, -0.2) is 26.0 Å². The Kier molecular flexibility index (Phi) is 5.12. The first kappa shape index (κ1) is 20.5. The number of fused-ring (bicyclic) bond motifs is 1. The Labute approximate surface area is 177 Å². The number of Topliss-reactive ketones (excluding diaryl/α,β-unsaturated/α-hetero) is 1. The van der Waals surface area contributed by atoms with E-state index in [1.54, 1.807) is 7.11 Å². The van der Waals surface area contributed by atoms with E-state index in [2.05, 4.69) is 6.07 Å². The zero-order chi connectivity index (χ0) is 21.6. The highest BCUT2D eigenvalue weighted by molar-refractivity contribution is 6.03. The summed E-state index contributed by atoms with van der Waals surface area (Å²) in [4.78, 5) is 26.0. The lowest BCUT2D eigenvalue weighted by atomic mass is 9.69. The lowest BCUT2D eigenvalue weighted by Gasteiger charge is -2.38. The summed E-state index contributed by atoms with van der Waals surface area (Å²) >= 11 is 0. The molecule has 3 aliphatic rings. The fourth-order valence-electron chi connectivity index (χ4n) is 4.99. The van der Waals surface area contributed by atoms with Crippen LogP contribution >= 0.6 is 0 Å². The molecule has 6 nitrogen and oxygen atoms in total. The van der Waals surface area contributed by atoms with E-state index in [9.17, 15) is 9.59 Å². The third kappa shape index (κ3) is 3.38. The number of methoxy groups -OCH3 is 2. The molecular weight excluding hydrogens is 382 g/mol. The summed E-state index contributed by atoms with van der Waals surface area (Å²) in [6.45, 7) is 4.06. The maximum absolute atomic E-state index is 13.3. The minimum Gasteiger partial charge on any atom is -0.496 e. The minimum atomic E-state index is -0.660. The first-order valence-corrected chi connectivity index (χ1v) is 10.5. The molecule has 0 saturated carbocycles. The number of hydrogen-bond donors (Lipinski definition) is 1. The lowest BCUT2D eigenvalue weighted by molar-refractivity contribution is -0.136. The first-order chi connectivity index (χ1) is 14.3. The topological polar surface area (TPSA) is 87.9 Å². The number of esters is 1. The van der Waals surface area contributed by atoms with Crippen molar-refractivity contribution < 1.29 is 23.8 Å². The Morgan fingerprint density at radius 3 is 2.43 bits per heavy atom. The summed E-state index contributed by atoms with van der Waals surface area (Å²) in [6.07, 6.45) is 5.20. The fraction of sp³-hybridized carbons (Fsp3) is 0.500. The van der Waals surface area contributed by atoms with Crippen LogP contribution in [0.5, 0.6) is 5.75 Å². The second-order valence-corrected chi connectivity index (χ2v) is 9.15. The monoisotopic (exact) mass is 411 g/mol. The Balaban J connectivity index is 1.95. The van der Waals surface area contributed by atoms with Gasteiger partial charge in [-0.1, -0.05) is 19.9 Å². The number of carbonyl (C=O) groups excluding carboxylic acids is 2. The maximum Gasteiger partial charge on any atom is 0.340 e. The molecule has 1 heterocycles. The number of carbonyl (C=O) groups is 2. The van der Waals surface area contributed by atoms with Gasteiger partial charge in [0.1, 0.15) is 17.1 Å². The third-order valence-corrected chi connectivity index (χ3v) is 6.37. The van der Waals surface area contributed by atoms with E-state index >= 15 is 0 Å². The van der Waals surface area contributed by atoms with Gasteiger partial charge in [0, 0.05) is 24.0 Å². The molecule has 4 rings (SSSR count). The second-order valence-electron chi connectivity index (χ2n) is 9.15. The molecule has 1 atom stereocenters. The molecule has 1 unspecified atom stereocenters. The highest BCUT2D eigenvalue weighted by Gasteiger charge is 2.46. The number of ether oxygens (including phenoxy) is 3. The van der Waals surface area contributed by atoms with Crippen LogP contribution in [0.4, 0.5) is 0 Å². The van der Waals surface area contributed by atoms with E-state index < -0.39 is 11.9 Å². The van der Waals surface area contributed by atoms with Gasteiger partial charge in [-0.05, 0) is 48.3 Å². The molecular formula is C24H29NO5. The smallest absolute Gasteiger partial charge is 0.340 e. The average molecular weight is 411 g/mol. The molecule has 0 amide bonds. The summed E-state index contributed by atoms with van der Waals surface area (Å²) in [5.74, 6) is -0.0864. The summed E-state index contributed by atoms with van der Waals surface area (Å²) in [7, 11) is 2.92. The quantitative estimate of drug-likeness (QED) is 0.764. The van der Waals surface area contributed by atoms with Gasteiger partial charge in [-0.15, -0.1) is 0 Å². The van der Waals surface area contributed by atoms with E-state index in [1.165, 1.54) is 18.2 Å². The molecule has 0 saturated heterocycles.